The maximum atomic E-state index is 12.3. The molecule has 0 bridgehead atoms. The van der Waals surface area contributed by atoms with Crippen LogP contribution in [0.2, 0.25) is 0 Å². The molecule has 2 aliphatic heterocycles. The summed E-state index contributed by atoms with van der Waals surface area (Å²) < 4.78 is 10.4. The fourth-order valence-corrected chi connectivity index (χ4v) is 3.33. The highest BCUT2D eigenvalue weighted by Crippen LogP contribution is 2.19. The minimum atomic E-state index is -0.353. The van der Waals surface area contributed by atoms with Crippen LogP contribution in [0.3, 0.4) is 0 Å². The number of amides is 2. The number of carbonyl (C=O) groups excluding carboxylic acids is 3. The van der Waals surface area contributed by atoms with Gasteiger partial charge in [0, 0.05) is 32.3 Å². The van der Waals surface area contributed by atoms with Gasteiger partial charge in [-0.15, -0.1) is 0 Å². The van der Waals surface area contributed by atoms with Crippen LogP contribution in [0.15, 0.2) is 36.4 Å². The van der Waals surface area contributed by atoms with Crippen molar-refractivity contribution in [1.82, 2.24) is 9.80 Å². The Hall–Kier alpha value is -2.67. The van der Waals surface area contributed by atoms with Gasteiger partial charge in [-0.3, -0.25) is 14.4 Å². The molecule has 0 aliphatic carbocycles. The summed E-state index contributed by atoms with van der Waals surface area (Å²) in [6, 6.07) is 9.64. The first-order valence-corrected chi connectivity index (χ1v) is 9.67. The molecule has 150 valence electrons. The molecule has 0 spiro atoms. The summed E-state index contributed by atoms with van der Waals surface area (Å²) in [7, 11) is 0. The lowest BCUT2D eigenvalue weighted by Crippen LogP contribution is -2.43. The van der Waals surface area contributed by atoms with E-state index in [0.717, 1.165) is 5.56 Å². The number of carbonyl (C=O) groups is 3. The SMILES string of the molecule is O=C(OCC(=O)N1CCOCC1)C1CCN(C(=O)/C=C/c2ccccc2)CC1. The number of rotatable bonds is 5. The molecule has 1 aromatic carbocycles. The average molecular weight is 386 g/mol. The zero-order valence-electron chi connectivity index (χ0n) is 15.9. The Morgan fingerprint density at radius 1 is 1.00 bits per heavy atom. The quantitative estimate of drug-likeness (QED) is 0.564. The van der Waals surface area contributed by atoms with Gasteiger partial charge in [0.15, 0.2) is 6.61 Å². The van der Waals surface area contributed by atoms with Crippen LogP contribution in [0, 0.1) is 5.92 Å². The van der Waals surface area contributed by atoms with Crippen LogP contribution in [0.5, 0.6) is 0 Å². The first-order chi connectivity index (χ1) is 13.6. The van der Waals surface area contributed by atoms with E-state index in [1.54, 1.807) is 22.0 Å². The molecule has 2 amide bonds. The van der Waals surface area contributed by atoms with Crippen molar-refractivity contribution in [3.8, 4) is 0 Å². The second-order valence-corrected chi connectivity index (χ2v) is 6.94. The van der Waals surface area contributed by atoms with Crippen molar-refractivity contribution < 1.29 is 23.9 Å². The Bertz CT molecular complexity index is 705. The number of likely N-dealkylation sites (tertiary alicyclic amines) is 1. The third-order valence-corrected chi connectivity index (χ3v) is 5.06. The lowest BCUT2D eigenvalue weighted by atomic mass is 9.97. The molecular formula is C21H26N2O5. The standard InChI is InChI=1S/C21H26N2O5/c24-19(7-6-17-4-2-1-3-5-17)22-10-8-18(9-11-22)21(26)28-16-20(25)23-12-14-27-15-13-23/h1-7,18H,8-16H2/b7-6+. The topological polar surface area (TPSA) is 76.2 Å². The summed E-state index contributed by atoms with van der Waals surface area (Å²) in [5.41, 5.74) is 0.972. The van der Waals surface area contributed by atoms with Crippen molar-refractivity contribution in [3.05, 3.63) is 42.0 Å². The molecular weight excluding hydrogens is 360 g/mol. The van der Waals surface area contributed by atoms with E-state index >= 15 is 0 Å². The highest BCUT2D eigenvalue weighted by atomic mass is 16.5. The molecule has 2 saturated heterocycles. The first-order valence-electron chi connectivity index (χ1n) is 9.67. The molecule has 0 unspecified atom stereocenters. The summed E-state index contributed by atoms with van der Waals surface area (Å²) >= 11 is 0. The predicted molar refractivity (Wildman–Crippen MR) is 103 cm³/mol. The van der Waals surface area contributed by atoms with E-state index in [2.05, 4.69) is 0 Å². The monoisotopic (exact) mass is 386 g/mol. The number of esters is 1. The molecule has 1 aromatic rings. The summed E-state index contributed by atoms with van der Waals surface area (Å²) in [5, 5.41) is 0. The van der Waals surface area contributed by atoms with Crippen molar-refractivity contribution in [2.24, 2.45) is 5.92 Å². The van der Waals surface area contributed by atoms with E-state index < -0.39 is 0 Å². The zero-order chi connectivity index (χ0) is 19.8. The van der Waals surface area contributed by atoms with Crippen LogP contribution in [0.1, 0.15) is 18.4 Å². The Labute approximate surface area is 164 Å². The molecule has 0 aromatic heterocycles. The van der Waals surface area contributed by atoms with Gasteiger partial charge >= 0.3 is 5.97 Å². The van der Waals surface area contributed by atoms with Crippen molar-refractivity contribution in [2.45, 2.75) is 12.8 Å². The summed E-state index contributed by atoms with van der Waals surface area (Å²) in [4.78, 5) is 40.0. The lowest BCUT2D eigenvalue weighted by Gasteiger charge is -2.30. The van der Waals surface area contributed by atoms with E-state index in [1.807, 2.05) is 30.3 Å². The number of piperidine rings is 1. The Kier molecular flexibility index (Phi) is 7.19. The number of hydrogen-bond donors (Lipinski definition) is 0. The largest absolute Gasteiger partial charge is 0.455 e. The predicted octanol–water partition coefficient (Wildman–Crippen LogP) is 1.34. The van der Waals surface area contributed by atoms with Crippen LogP contribution in [-0.4, -0.2) is 73.6 Å². The van der Waals surface area contributed by atoms with Gasteiger partial charge in [-0.05, 0) is 24.5 Å². The van der Waals surface area contributed by atoms with Crippen molar-refractivity contribution >= 4 is 23.9 Å². The Morgan fingerprint density at radius 3 is 2.36 bits per heavy atom. The zero-order valence-corrected chi connectivity index (χ0v) is 15.9. The number of hydrogen-bond acceptors (Lipinski definition) is 5. The van der Waals surface area contributed by atoms with Crippen LogP contribution < -0.4 is 0 Å². The van der Waals surface area contributed by atoms with Gasteiger partial charge in [0.25, 0.3) is 5.91 Å². The second kappa shape index (κ2) is 10.0. The van der Waals surface area contributed by atoms with Crippen molar-refractivity contribution in [2.75, 3.05) is 46.0 Å². The van der Waals surface area contributed by atoms with E-state index in [9.17, 15) is 14.4 Å². The minimum Gasteiger partial charge on any atom is -0.455 e. The molecule has 3 rings (SSSR count). The van der Waals surface area contributed by atoms with E-state index in [1.165, 1.54) is 0 Å². The fourth-order valence-electron chi connectivity index (χ4n) is 3.33. The molecule has 0 saturated carbocycles. The molecule has 0 atom stereocenters. The van der Waals surface area contributed by atoms with Gasteiger partial charge < -0.3 is 19.3 Å². The maximum Gasteiger partial charge on any atom is 0.309 e. The number of nitrogens with zero attached hydrogens (tertiary/aromatic N) is 2. The summed E-state index contributed by atoms with van der Waals surface area (Å²) in [6.45, 7) is 2.90. The van der Waals surface area contributed by atoms with Crippen LogP contribution in [0.25, 0.3) is 6.08 Å². The molecule has 0 radical (unpaired) electrons. The molecule has 2 heterocycles. The second-order valence-electron chi connectivity index (χ2n) is 6.94. The maximum absolute atomic E-state index is 12.3. The van der Waals surface area contributed by atoms with Crippen LogP contribution in [-0.2, 0) is 23.9 Å². The van der Waals surface area contributed by atoms with Gasteiger partial charge in [0.05, 0.1) is 19.1 Å². The van der Waals surface area contributed by atoms with Crippen LogP contribution in [0.4, 0.5) is 0 Å². The van der Waals surface area contributed by atoms with E-state index in [0.29, 0.717) is 52.2 Å². The fraction of sp³-hybridized carbons (Fsp3) is 0.476. The molecule has 28 heavy (non-hydrogen) atoms. The van der Waals surface area contributed by atoms with E-state index in [4.69, 9.17) is 9.47 Å². The highest BCUT2D eigenvalue weighted by Gasteiger charge is 2.28. The van der Waals surface area contributed by atoms with E-state index in [-0.39, 0.29) is 30.3 Å². The molecule has 2 fully saturated rings. The average Bonchev–Trinajstić information content (AvgIpc) is 2.77. The number of ether oxygens (including phenoxy) is 2. The lowest BCUT2D eigenvalue weighted by molar-refractivity contribution is -0.158. The van der Waals surface area contributed by atoms with Crippen molar-refractivity contribution in [1.29, 1.82) is 0 Å². The van der Waals surface area contributed by atoms with Crippen molar-refractivity contribution in [3.63, 3.8) is 0 Å². The van der Waals surface area contributed by atoms with Gasteiger partial charge in [0.2, 0.25) is 5.91 Å². The van der Waals surface area contributed by atoms with Gasteiger partial charge in [-0.1, -0.05) is 30.3 Å². The Morgan fingerprint density at radius 2 is 1.68 bits per heavy atom. The Balaban J connectivity index is 1.39. The minimum absolute atomic E-state index is 0.0573. The van der Waals surface area contributed by atoms with Gasteiger partial charge in [-0.2, -0.15) is 0 Å². The molecule has 7 nitrogen and oxygen atoms in total. The number of benzene rings is 1. The molecule has 2 aliphatic rings. The smallest absolute Gasteiger partial charge is 0.309 e. The molecule has 7 heteroatoms. The number of morpholine rings is 1. The van der Waals surface area contributed by atoms with Crippen LogP contribution >= 0.6 is 0 Å². The normalized spacial score (nSPS) is 18.3. The molecule has 0 N–H and O–H groups in total. The van der Waals surface area contributed by atoms with Gasteiger partial charge in [-0.25, -0.2) is 0 Å². The summed E-state index contributed by atoms with van der Waals surface area (Å²) in [6.07, 6.45) is 4.46. The highest BCUT2D eigenvalue weighted by molar-refractivity contribution is 5.92. The van der Waals surface area contributed by atoms with Gasteiger partial charge in [0.1, 0.15) is 0 Å². The summed E-state index contributed by atoms with van der Waals surface area (Å²) in [5.74, 6) is -0.860. The first kappa shape index (κ1) is 20.1. The third kappa shape index (κ3) is 5.66. The third-order valence-electron chi connectivity index (χ3n) is 5.06.